The number of esters is 1. The van der Waals surface area contributed by atoms with Gasteiger partial charge in [0.1, 0.15) is 12.4 Å². The van der Waals surface area contributed by atoms with E-state index in [1.807, 2.05) is 6.07 Å². The Kier molecular flexibility index (Phi) is 4.41. The van der Waals surface area contributed by atoms with Crippen LogP contribution in [0, 0.1) is 0 Å². The minimum absolute atomic E-state index is 0.110. The number of aliphatic hydroxyl groups is 1. The lowest BCUT2D eigenvalue weighted by Crippen LogP contribution is -2.44. The Morgan fingerprint density at radius 1 is 1.18 bits per heavy atom. The van der Waals surface area contributed by atoms with Crippen molar-refractivity contribution in [3.05, 3.63) is 56.9 Å². The van der Waals surface area contributed by atoms with Crippen LogP contribution in [0.15, 0.2) is 29.1 Å². The first-order chi connectivity index (χ1) is 15.9. The fraction of sp³-hybridized carbons (Fsp3) is 0.400. The number of hydrogen-bond acceptors (Lipinski definition) is 7. The highest BCUT2D eigenvalue weighted by atomic mass is 16.6. The highest BCUT2D eigenvalue weighted by Crippen LogP contribution is 2.39. The summed E-state index contributed by atoms with van der Waals surface area (Å²) in [6.45, 7) is 4.58. The molecule has 3 aliphatic rings. The second-order valence-electron chi connectivity index (χ2n) is 9.21. The van der Waals surface area contributed by atoms with Gasteiger partial charge in [-0.1, -0.05) is 6.92 Å². The summed E-state index contributed by atoms with van der Waals surface area (Å²) in [5, 5.41) is 22.5. The molecule has 2 aromatic heterocycles. The minimum Gasteiger partial charge on any atom is -0.508 e. The van der Waals surface area contributed by atoms with Crippen molar-refractivity contribution in [1.82, 2.24) is 14.5 Å². The van der Waals surface area contributed by atoms with Crippen LogP contribution in [-0.2, 0) is 34.8 Å². The summed E-state index contributed by atoms with van der Waals surface area (Å²) in [6, 6.07) is 7.20. The predicted molar refractivity (Wildman–Crippen MR) is 121 cm³/mol. The van der Waals surface area contributed by atoms with Crippen LogP contribution in [0.2, 0.25) is 0 Å². The van der Waals surface area contributed by atoms with E-state index >= 15 is 0 Å². The van der Waals surface area contributed by atoms with Crippen LogP contribution in [-0.4, -0.2) is 43.7 Å². The molecule has 8 nitrogen and oxygen atoms in total. The molecule has 1 saturated heterocycles. The van der Waals surface area contributed by atoms with Gasteiger partial charge in [-0.3, -0.25) is 9.69 Å². The van der Waals surface area contributed by atoms with Gasteiger partial charge in [0.15, 0.2) is 5.60 Å². The van der Waals surface area contributed by atoms with Gasteiger partial charge >= 0.3 is 5.97 Å². The summed E-state index contributed by atoms with van der Waals surface area (Å²) in [5.41, 5.74) is 2.24. The molecule has 0 spiro atoms. The maximum absolute atomic E-state index is 13.3. The third-order valence-electron chi connectivity index (χ3n) is 7.36. The summed E-state index contributed by atoms with van der Waals surface area (Å²) in [7, 11) is 0. The Hall–Kier alpha value is -3.23. The number of aromatic hydroxyl groups is 1. The van der Waals surface area contributed by atoms with Gasteiger partial charge in [0.05, 0.1) is 29.0 Å². The van der Waals surface area contributed by atoms with E-state index in [1.165, 1.54) is 12.8 Å². The number of nitrogens with zero attached hydrogens (tertiary/aromatic N) is 3. The first kappa shape index (κ1) is 20.4. The van der Waals surface area contributed by atoms with Gasteiger partial charge in [0, 0.05) is 28.6 Å². The second kappa shape index (κ2) is 7.13. The Bertz CT molecular complexity index is 1390. The zero-order chi connectivity index (χ0) is 22.9. The number of rotatable bonds is 3. The molecule has 8 heteroatoms. The number of carbonyl (C=O) groups excluding carboxylic acids is 1. The fourth-order valence-electron chi connectivity index (χ4n) is 5.43. The van der Waals surface area contributed by atoms with E-state index in [0.29, 0.717) is 35.6 Å². The molecule has 170 valence electrons. The van der Waals surface area contributed by atoms with Crippen molar-refractivity contribution in [1.29, 1.82) is 0 Å². The Morgan fingerprint density at radius 3 is 2.73 bits per heavy atom. The lowest BCUT2D eigenvalue weighted by atomic mass is 9.86. The molecule has 0 saturated carbocycles. The summed E-state index contributed by atoms with van der Waals surface area (Å²) < 4.78 is 6.76. The van der Waals surface area contributed by atoms with Crippen molar-refractivity contribution in [3.8, 4) is 17.1 Å². The summed E-state index contributed by atoms with van der Waals surface area (Å²) in [4.78, 5) is 32.8. The smallest absolute Gasteiger partial charge is 0.343 e. The molecular formula is C25H25N3O5. The second-order valence-corrected chi connectivity index (χ2v) is 9.21. The van der Waals surface area contributed by atoms with Crippen LogP contribution in [0.4, 0.5) is 0 Å². The molecule has 2 N–H and O–H groups in total. The average molecular weight is 447 g/mol. The van der Waals surface area contributed by atoms with Crippen LogP contribution in [0.5, 0.6) is 5.75 Å². The van der Waals surface area contributed by atoms with E-state index in [1.54, 1.807) is 29.7 Å². The SMILES string of the molecule is CCC1(O)C(=O)OCc2c1cc1n(c2=O)Cc2cc3c(CN4CCCC4)c(O)ccc3nc2-1. The van der Waals surface area contributed by atoms with Gasteiger partial charge in [0.2, 0.25) is 0 Å². The molecule has 1 atom stereocenters. The molecule has 1 fully saturated rings. The molecular weight excluding hydrogens is 422 g/mol. The summed E-state index contributed by atoms with van der Waals surface area (Å²) in [6.07, 6.45) is 2.44. The fourth-order valence-corrected chi connectivity index (χ4v) is 5.43. The molecule has 5 heterocycles. The normalized spacial score (nSPS) is 21.7. The van der Waals surface area contributed by atoms with Crippen LogP contribution < -0.4 is 5.56 Å². The van der Waals surface area contributed by atoms with Crippen LogP contribution in [0.1, 0.15) is 48.4 Å². The number of carbonyl (C=O) groups is 1. The number of cyclic esters (lactones) is 1. The van der Waals surface area contributed by atoms with Crippen LogP contribution in [0.25, 0.3) is 22.3 Å². The lowest BCUT2D eigenvalue weighted by Gasteiger charge is -2.31. The zero-order valence-electron chi connectivity index (χ0n) is 18.4. The predicted octanol–water partition coefficient (Wildman–Crippen LogP) is 2.38. The van der Waals surface area contributed by atoms with Crippen molar-refractivity contribution in [2.75, 3.05) is 13.1 Å². The number of fused-ring (bicyclic) bond motifs is 5. The van der Waals surface area contributed by atoms with E-state index in [9.17, 15) is 19.8 Å². The molecule has 3 aromatic rings. The molecule has 1 unspecified atom stereocenters. The van der Waals surface area contributed by atoms with Gasteiger partial charge in [-0.15, -0.1) is 0 Å². The van der Waals surface area contributed by atoms with E-state index in [2.05, 4.69) is 4.90 Å². The van der Waals surface area contributed by atoms with E-state index in [0.717, 1.165) is 35.1 Å². The first-order valence-electron chi connectivity index (χ1n) is 11.4. The monoisotopic (exact) mass is 447 g/mol. The molecule has 6 rings (SSSR count). The number of likely N-dealkylation sites (tertiary alicyclic amines) is 1. The maximum atomic E-state index is 13.3. The molecule has 3 aliphatic heterocycles. The number of phenols is 1. The Labute approximate surface area is 190 Å². The molecule has 0 radical (unpaired) electrons. The van der Waals surface area contributed by atoms with Crippen LogP contribution in [0.3, 0.4) is 0 Å². The first-order valence-corrected chi connectivity index (χ1v) is 11.4. The van der Waals surface area contributed by atoms with Gasteiger partial charge < -0.3 is 19.5 Å². The largest absolute Gasteiger partial charge is 0.508 e. The van der Waals surface area contributed by atoms with Gasteiger partial charge in [-0.2, -0.15) is 0 Å². The third-order valence-corrected chi connectivity index (χ3v) is 7.36. The highest BCUT2D eigenvalue weighted by Gasteiger charge is 2.45. The van der Waals surface area contributed by atoms with E-state index in [4.69, 9.17) is 9.72 Å². The molecule has 0 amide bonds. The van der Waals surface area contributed by atoms with Crippen LogP contribution >= 0.6 is 0 Å². The number of ether oxygens (including phenoxy) is 1. The van der Waals surface area contributed by atoms with Crippen molar-refractivity contribution in [2.24, 2.45) is 0 Å². The van der Waals surface area contributed by atoms with Crippen molar-refractivity contribution < 1.29 is 19.7 Å². The number of hydrogen-bond donors (Lipinski definition) is 2. The number of benzene rings is 1. The molecule has 0 aliphatic carbocycles. The maximum Gasteiger partial charge on any atom is 0.343 e. The van der Waals surface area contributed by atoms with Gasteiger partial charge in [-0.05, 0) is 56.6 Å². The molecule has 33 heavy (non-hydrogen) atoms. The number of phenolic OH excluding ortho intramolecular Hbond substituents is 1. The van der Waals surface area contributed by atoms with E-state index < -0.39 is 11.6 Å². The average Bonchev–Trinajstić information content (AvgIpc) is 3.45. The highest BCUT2D eigenvalue weighted by molar-refractivity contribution is 5.89. The quantitative estimate of drug-likeness (QED) is 0.465. The van der Waals surface area contributed by atoms with E-state index in [-0.39, 0.29) is 24.3 Å². The topological polar surface area (TPSA) is 105 Å². The van der Waals surface area contributed by atoms with Gasteiger partial charge in [-0.25, -0.2) is 9.78 Å². The standard InChI is InChI=1S/C25H25N3O5/c1-2-25(32)18-10-20-22-14(11-28(20)23(30)17(18)13-33-24(25)31)9-15-16(12-27-7-3-4-8-27)21(29)6-5-19(15)26-22/h5-6,9-10,29,32H,2-4,7-8,11-13H2,1H3. The third kappa shape index (κ3) is 2.87. The Morgan fingerprint density at radius 2 is 1.97 bits per heavy atom. The summed E-state index contributed by atoms with van der Waals surface area (Å²) in [5.74, 6) is -0.475. The van der Waals surface area contributed by atoms with Crippen molar-refractivity contribution in [3.63, 3.8) is 0 Å². The van der Waals surface area contributed by atoms with Gasteiger partial charge in [0.25, 0.3) is 5.56 Å². The zero-order valence-corrected chi connectivity index (χ0v) is 18.4. The number of aromatic nitrogens is 2. The van der Waals surface area contributed by atoms with Crippen molar-refractivity contribution >= 4 is 16.9 Å². The number of pyridine rings is 2. The minimum atomic E-state index is -1.84. The lowest BCUT2D eigenvalue weighted by molar-refractivity contribution is -0.172. The molecule has 0 bridgehead atoms. The van der Waals surface area contributed by atoms with Crippen molar-refractivity contribution in [2.45, 2.75) is 51.5 Å². The molecule has 1 aromatic carbocycles. The Balaban J connectivity index is 1.52. The summed E-state index contributed by atoms with van der Waals surface area (Å²) >= 11 is 0.